The van der Waals surface area contributed by atoms with Gasteiger partial charge in [-0.3, -0.25) is 14.5 Å². The molecule has 5 atom stereocenters. The number of rotatable bonds is 5. The maximum absolute atomic E-state index is 13.7. The molecule has 5 fully saturated rings. The van der Waals surface area contributed by atoms with Gasteiger partial charge < -0.3 is 19.9 Å². The molecule has 38 heavy (non-hydrogen) atoms. The summed E-state index contributed by atoms with van der Waals surface area (Å²) in [6, 6.07) is 7.49. The number of piperazine rings is 1. The highest BCUT2D eigenvalue weighted by atomic mass is 16.6. The van der Waals surface area contributed by atoms with E-state index in [4.69, 9.17) is 4.74 Å². The van der Waals surface area contributed by atoms with Gasteiger partial charge in [0.15, 0.2) is 0 Å². The number of likely N-dealkylation sites (tertiary alicyclic amines) is 2. The molecule has 1 aromatic rings. The normalized spacial score (nSPS) is 32.1. The van der Waals surface area contributed by atoms with E-state index in [1.54, 1.807) is 20.8 Å². The molecular formula is C29H37N5O4. The molecule has 0 spiro atoms. The summed E-state index contributed by atoms with van der Waals surface area (Å²) in [5.74, 6) is 0.574. The van der Waals surface area contributed by atoms with Gasteiger partial charge in [0, 0.05) is 31.2 Å². The second-order valence-corrected chi connectivity index (χ2v) is 12.8. The van der Waals surface area contributed by atoms with Crippen LogP contribution in [-0.2, 0) is 20.7 Å². The van der Waals surface area contributed by atoms with Crippen LogP contribution in [0.1, 0.15) is 76.1 Å². The average molecular weight is 520 g/mol. The van der Waals surface area contributed by atoms with Crippen LogP contribution in [0.5, 0.6) is 0 Å². The number of ether oxygens (including phenoxy) is 1. The van der Waals surface area contributed by atoms with Gasteiger partial charge in [-0.25, -0.2) is 4.79 Å². The Hall–Kier alpha value is -3.12. The van der Waals surface area contributed by atoms with E-state index >= 15 is 0 Å². The molecule has 1 N–H and O–H groups in total. The molecule has 4 aliphatic heterocycles. The van der Waals surface area contributed by atoms with Crippen molar-refractivity contribution in [1.29, 1.82) is 5.26 Å². The first-order valence-electron chi connectivity index (χ1n) is 13.9. The number of carbonyl (C=O) groups excluding carboxylic acids is 3. The number of aryl methyl sites for hydroxylation is 1. The molecule has 6 aliphatic rings. The highest BCUT2D eigenvalue weighted by Gasteiger charge is 2.55. The number of alkyl carbamates (subject to hydrolysis) is 1. The maximum atomic E-state index is 13.7. The number of nitrogens with one attached hydrogen (secondary N) is 1. The largest absolute Gasteiger partial charge is 0.444 e. The lowest BCUT2D eigenvalue weighted by molar-refractivity contribution is -0.142. The summed E-state index contributed by atoms with van der Waals surface area (Å²) in [4.78, 5) is 46.2. The minimum absolute atomic E-state index is 0.0389. The molecule has 9 heteroatoms. The first kappa shape index (κ1) is 25.2. The molecule has 4 heterocycles. The Balaban J connectivity index is 1.17. The van der Waals surface area contributed by atoms with Crippen molar-refractivity contribution in [3.8, 4) is 6.07 Å². The second-order valence-electron chi connectivity index (χ2n) is 12.8. The van der Waals surface area contributed by atoms with E-state index in [9.17, 15) is 19.6 Å². The Morgan fingerprint density at radius 1 is 1.18 bits per heavy atom. The SMILES string of the molecule is C[C@@H]1C2CC(C2)N1C(=O)[C@H](CN1CC2C[C@H]1C(=O)N2C1CCc2cc(C#N)ccc21)NC(=O)OC(C)(C)C. The van der Waals surface area contributed by atoms with Crippen LogP contribution in [0.15, 0.2) is 18.2 Å². The van der Waals surface area contributed by atoms with Crippen LogP contribution in [0, 0.1) is 17.2 Å². The number of fused-ring (bicyclic) bond motifs is 4. The van der Waals surface area contributed by atoms with Gasteiger partial charge in [-0.1, -0.05) is 6.07 Å². The fourth-order valence-corrected chi connectivity index (χ4v) is 7.49. The number of nitriles is 1. The van der Waals surface area contributed by atoms with Gasteiger partial charge in [-0.2, -0.15) is 5.26 Å². The summed E-state index contributed by atoms with van der Waals surface area (Å²) in [5, 5.41) is 12.1. The molecule has 2 unspecified atom stereocenters. The third-order valence-electron chi connectivity index (χ3n) is 9.29. The van der Waals surface area contributed by atoms with Gasteiger partial charge in [0.2, 0.25) is 11.8 Å². The van der Waals surface area contributed by atoms with E-state index in [2.05, 4.69) is 28.1 Å². The van der Waals surface area contributed by atoms with E-state index in [-0.39, 0.29) is 42.0 Å². The summed E-state index contributed by atoms with van der Waals surface area (Å²) in [7, 11) is 0. The number of carbonyl (C=O) groups is 3. The Morgan fingerprint density at radius 2 is 1.95 bits per heavy atom. The Kier molecular flexibility index (Phi) is 5.95. The molecule has 0 aromatic heterocycles. The molecule has 4 bridgehead atoms. The van der Waals surface area contributed by atoms with Gasteiger partial charge in [0.25, 0.3) is 0 Å². The zero-order valence-corrected chi connectivity index (χ0v) is 22.6. The van der Waals surface area contributed by atoms with E-state index in [1.165, 1.54) is 0 Å². The zero-order chi connectivity index (χ0) is 26.9. The molecule has 1 saturated carbocycles. The molecule has 202 valence electrons. The molecule has 2 aliphatic carbocycles. The van der Waals surface area contributed by atoms with E-state index in [0.29, 0.717) is 24.6 Å². The summed E-state index contributed by atoms with van der Waals surface area (Å²) in [6.07, 6.45) is 3.94. The lowest BCUT2D eigenvalue weighted by Crippen LogP contribution is -2.59. The molecule has 9 nitrogen and oxygen atoms in total. The topological polar surface area (TPSA) is 106 Å². The third-order valence-corrected chi connectivity index (χ3v) is 9.29. The Bertz CT molecular complexity index is 1210. The van der Waals surface area contributed by atoms with Crippen molar-refractivity contribution in [2.45, 2.75) is 102 Å². The molecule has 1 aromatic carbocycles. The highest BCUT2D eigenvalue weighted by molar-refractivity contribution is 5.88. The lowest BCUT2D eigenvalue weighted by Gasteiger charge is -2.39. The molecular weight excluding hydrogens is 482 g/mol. The van der Waals surface area contributed by atoms with E-state index < -0.39 is 17.7 Å². The van der Waals surface area contributed by atoms with Crippen molar-refractivity contribution >= 4 is 17.9 Å². The lowest BCUT2D eigenvalue weighted by atomic mass is 9.83. The van der Waals surface area contributed by atoms with Crippen LogP contribution in [0.25, 0.3) is 0 Å². The number of nitrogens with zero attached hydrogens (tertiary/aromatic N) is 4. The van der Waals surface area contributed by atoms with Gasteiger partial charge >= 0.3 is 6.09 Å². The average Bonchev–Trinajstić information content (AvgIpc) is 3.61. The predicted molar refractivity (Wildman–Crippen MR) is 139 cm³/mol. The monoisotopic (exact) mass is 519 g/mol. The summed E-state index contributed by atoms with van der Waals surface area (Å²) >= 11 is 0. The summed E-state index contributed by atoms with van der Waals surface area (Å²) < 4.78 is 5.49. The summed E-state index contributed by atoms with van der Waals surface area (Å²) in [6.45, 7) is 8.48. The van der Waals surface area contributed by atoms with Gasteiger partial charge in [0.1, 0.15) is 11.6 Å². The first-order valence-corrected chi connectivity index (χ1v) is 13.9. The van der Waals surface area contributed by atoms with Crippen molar-refractivity contribution in [2.75, 3.05) is 13.1 Å². The maximum Gasteiger partial charge on any atom is 0.408 e. The van der Waals surface area contributed by atoms with Gasteiger partial charge in [0.05, 0.1) is 23.7 Å². The quantitative estimate of drug-likeness (QED) is 0.641. The van der Waals surface area contributed by atoms with Gasteiger partial charge in [-0.15, -0.1) is 0 Å². The third kappa shape index (κ3) is 4.14. The molecule has 7 rings (SSSR count). The van der Waals surface area contributed by atoms with Crippen LogP contribution >= 0.6 is 0 Å². The van der Waals surface area contributed by atoms with Gasteiger partial charge in [-0.05, 0) is 89.0 Å². The fourth-order valence-electron chi connectivity index (χ4n) is 7.49. The first-order chi connectivity index (χ1) is 18.0. The molecule has 3 amide bonds. The summed E-state index contributed by atoms with van der Waals surface area (Å²) in [5.41, 5.74) is 2.29. The zero-order valence-electron chi connectivity index (χ0n) is 22.6. The smallest absolute Gasteiger partial charge is 0.408 e. The van der Waals surface area contributed by atoms with Crippen LogP contribution in [0.4, 0.5) is 4.79 Å². The van der Waals surface area contributed by atoms with Crippen molar-refractivity contribution < 1.29 is 19.1 Å². The highest BCUT2D eigenvalue weighted by Crippen LogP contribution is 2.46. The Morgan fingerprint density at radius 3 is 2.58 bits per heavy atom. The molecule has 4 saturated heterocycles. The van der Waals surface area contributed by atoms with E-state index in [0.717, 1.165) is 43.2 Å². The van der Waals surface area contributed by atoms with Crippen LogP contribution in [-0.4, -0.2) is 81.5 Å². The number of amides is 3. The van der Waals surface area contributed by atoms with Crippen molar-refractivity contribution in [3.05, 3.63) is 34.9 Å². The van der Waals surface area contributed by atoms with Crippen molar-refractivity contribution in [3.63, 3.8) is 0 Å². The van der Waals surface area contributed by atoms with Crippen LogP contribution in [0.3, 0.4) is 0 Å². The van der Waals surface area contributed by atoms with Crippen LogP contribution < -0.4 is 5.32 Å². The Labute approximate surface area is 224 Å². The minimum Gasteiger partial charge on any atom is -0.444 e. The minimum atomic E-state index is -0.760. The fraction of sp³-hybridized carbons (Fsp3) is 0.655. The van der Waals surface area contributed by atoms with Crippen LogP contribution in [0.2, 0.25) is 0 Å². The van der Waals surface area contributed by atoms with E-state index in [1.807, 2.05) is 23.1 Å². The van der Waals surface area contributed by atoms with Crippen molar-refractivity contribution in [1.82, 2.24) is 20.0 Å². The molecule has 0 radical (unpaired) electrons. The standard InChI is InChI=1S/C29H37N5O4/c1-16-19-10-20(11-19)33(16)26(35)23(31-28(37)38-29(2,3)4)15-32-14-21-12-25(32)27(36)34(21)24-8-6-18-9-17(13-30)5-7-22(18)24/h5,7,9,16,19-21,23-25H,6,8,10-12,14-15H2,1-4H3,(H,31,37)/t16-,19?,20?,21?,23+,24?,25+/m1/s1. The number of hydrogen-bond donors (Lipinski definition) is 1. The predicted octanol–water partition coefficient (Wildman–Crippen LogP) is 2.73. The second kappa shape index (κ2) is 8.98. The van der Waals surface area contributed by atoms with Crippen molar-refractivity contribution in [2.24, 2.45) is 5.92 Å². The number of benzene rings is 1. The number of hydrogen-bond acceptors (Lipinski definition) is 6.